The minimum atomic E-state index is -0.362. The van der Waals surface area contributed by atoms with E-state index in [1.807, 2.05) is 6.07 Å². The second kappa shape index (κ2) is 6.16. The van der Waals surface area contributed by atoms with Crippen LogP contribution in [0.1, 0.15) is 18.0 Å². The first-order chi connectivity index (χ1) is 9.79. The van der Waals surface area contributed by atoms with E-state index in [4.69, 9.17) is 21.1 Å². The number of nitrogens with zero attached hydrogens (tertiary/aromatic N) is 1. The number of hydrogen-bond donors (Lipinski definition) is 1. The quantitative estimate of drug-likeness (QED) is 0.926. The lowest BCUT2D eigenvalue weighted by atomic mass is 10.0. The molecule has 0 radical (unpaired) electrons. The van der Waals surface area contributed by atoms with Crippen LogP contribution in [0.5, 0.6) is 11.5 Å². The molecule has 110 valence electrons. The van der Waals surface area contributed by atoms with Crippen LogP contribution in [0, 0.1) is 0 Å². The Labute approximate surface area is 122 Å². The minimum Gasteiger partial charge on any atom is -0.454 e. The Morgan fingerprint density at radius 1 is 1.25 bits per heavy atom. The maximum Gasteiger partial charge on any atom is 0.231 e. The van der Waals surface area contributed by atoms with E-state index in [0.29, 0.717) is 22.9 Å². The van der Waals surface area contributed by atoms with Crippen molar-refractivity contribution in [3.05, 3.63) is 22.7 Å². The highest BCUT2D eigenvalue weighted by Crippen LogP contribution is 2.41. The van der Waals surface area contributed by atoms with Crippen molar-refractivity contribution in [1.82, 2.24) is 10.2 Å². The third-order valence-electron chi connectivity index (χ3n) is 3.83. The molecule has 1 atom stereocenters. The molecule has 0 bridgehead atoms. The Hall–Kier alpha value is -1.04. The highest BCUT2D eigenvalue weighted by Gasteiger charge is 2.26. The van der Waals surface area contributed by atoms with Crippen LogP contribution < -0.4 is 14.8 Å². The van der Waals surface area contributed by atoms with E-state index in [1.54, 1.807) is 6.07 Å². The molecule has 0 amide bonds. The molecule has 4 nitrogen and oxygen atoms in total. The maximum absolute atomic E-state index is 12.9. The van der Waals surface area contributed by atoms with Crippen LogP contribution in [0.4, 0.5) is 4.39 Å². The van der Waals surface area contributed by atoms with E-state index < -0.39 is 0 Å². The molecular weight excluding hydrogens is 283 g/mol. The molecule has 0 unspecified atom stereocenters. The highest BCUT2D eigenvalue weighted by atomic mass is 35.5. The number of piperazine rings is 1. The van der Waals surface area contributed by atoms with Gasteiger partial charge in [0, 0.05) is 43.3 Å². The lowest BCUT2D eigenvalue weighted by Gasteiger charge is -2.35. The Kier molecular flexibility index (Phi) is 4.29. The zero-order valence-electron chi connectivity index (χ0n) is 11.2. The Bertz CT molecular complexity index is 480. The average Bonchev–Trinajstić information content (AvgIpc) is 2.92. The topological polar surface area (TPSA) is 33.7 Å². The van der Waals surface area contributed by atoms with Gasteiger partial charge < -0.3 is 14.8 Å². The average molecular weight is 301 g/mol. The summed E-state index contributed by atoms with van der Waals surface area (Å²) in [4.78, 5) is 2.28. The second-order valence-corrected chi connectivity index (χ2v) is 5.41. The summed E-state index contributed by atoms with van der Waals surface area (Å²) in [6, 6.07) is 3.66. The highest BCUT2D eigenvalue weighted by molar-refractivity contribution is 6.31. The van der Waals surface area contributed by atoms with Gasteiger partial charge in [0.1, 0.15) is 0 Å². The number of fused-ring (bicyclic) bond motifs is 1. The fourth-order valence-electron chi connectivity index (χ4n) is 2.82. The molecule has 1 aromatic carbocycles. The van der Waals surface area contributed by atoms with Gasteiger partial charge in [0.2, 0.25) is 6.79 Å². The largest absolute Gasteiger partial charge is 0.454 e. The van der Waals surface area contributed by atoms with Gasteiger partial charge in [0.25, 0.3) is 0 Å². The van der Waals surface area contributed by atoms with Gasteiger partial charge in [0.15, 0.2) is 11.5 Å². The molecule has 1 fully saturated rings. The number of ether oxygens (including phenoxy) is 2. The maximum atomic E-state index is 12.9. The molecule has 0 aromatic heterocycles. The zero-order chi connectivity index (χ0) is 13.9. The van der Waals surface area contributed by atoms with Crippen LogP contribution >= 0.6 is 11.6 Å². The van der Waals surface area contributed by atoms with Crippen molar-refractivity contribution in [2.24, 2.45) is 0 Å². The third-order valence-corrected chi connectivity index (χ3v) is 4.15. The van der Waals surface area contributed by atoms with Gasteiger partial charge in [0.05, 0.1) is 6.67 Å². The first kappa shape index (κ1) is 13.9. The fourth-order valence-corrected chi connectivity index (χ4v) is 3.10. The minimum absolute atomic E-state index is 0.0101. The predicted octanol–water partition coefficient (Wildman–Crippen LogP) is 2.37. The summed E-state index contributed by atoms with van der Waals surface area (Å²) in [7, 11) is 0. The molecule has 6 heteroatoms. The first-order valence-corrected chi connectivity index (χ1v) is 7.27. The van der Waals surface area contributed by atoms with E-state index in [1.165, 1.54) is 0 Å². The molecule has 2 heterocycles. The van der Waals surface area contributed by atoms with Gasteiger partial charge in [-0.15, -0.1) is 0 Å². The first-order valence-electron chi connectivity index (χ1n) is 6.89. The summed E-state index contributed by atoms with van der Waals surface area (Å²) in [5.74, 6) is 1.36. The number of nitrogens with one attached hydrogen (secondary N) is 1. The third kappa shape index (κ3) is 2.71. The molecule has 0 saturated carbocycles. The van der Waals surface area contributed by atoms with Crippen molar-refractivity contribution in [2.45, 2.75) is 12.5 Å². The van der Waals surface area contributed by atoms with Crippen molar-refractivity contribution in [3.63, 3.8) is 0 Å². The molecule has 2 aliphatic rings. The van der Waals surface area contributed by atoms with Crippen molar-refractivity contribution >= 4 is 11.6 Å². The molecule has 1 aromatic rings. The Morgan fingerprint density at radius 2 is 1.95 bits per heavy atom. The monoisotopic (exact) mass is 300 g/mol. The molecule has 3 rings (SSSR count). The summed E-state index contributed by atoms with van der Waals surface area (Å²) in [6.07, 6.45) is 0.444. The van der Waals surface area contributed by atoms with Gasteiger partial charge >= 0.3 is 0 Å². The predicted molar refractivity (Wildman–Crippen MR) is 75.4 cm³/mol. The van der Waals surface area contributed by atoms with Crippen molar-refractivity contribution in [1.29, 1.82) is 0 Å². The number of alkyl halides is 1. The normalized spacial score (nSPS) is 20.1. The molecule has 1 saturated heterocycles. The summed E-state index contributed by atoms with van der Waals surface area (Å²) >= 11 is 6.36. The van der Waals surface area contributed by atoms with Crippen molar-refractivity contribution in [2.75, 3.05) is 39.6 Å². The fraction of sp³-hybridized carbons (Fsp3) is 0.571. The van der Waals surface area contributed by atoms with E-state index >= 15 is 0 Å². The van der Waals surface area contributed by atoms with Gasteiger partial charge in [-0.25, -0.2) is 0 Å². The second-order valence-electron chi connectivity index (χ2n) is 5.01. The van der Waals surface area contributed by atoms with E-state index in [2.05, 4.69) is 10.2 Å². The Balaban J connectivity index is 1.90. The SMILES string of the molecule is FCC[C@H](c1cc2c(cc1Cl)OCO2)N1CCNCC1. The van der Waals surface area contributed by atoms with E-state index in [9.17, 15) is 4.39 Å². The summed E-state index contributed by atoms with van der Waals surface area (Å²) in [5, 5.41) is 3.92. The summed E-state index contributed by atoms with van der Waals surface area (Å²) in [6.45, 7) is 3.50. The molecule has 2 aliphatic heterocycles. The van der Waals surface area contributed by atoms with Crippen LogP contribution in [0.15, 0.2) is 12.1 Å². The van der Waals surface area contributed by atoms with Crippen LogP contribution in [-0.2, 0) is 0 Å². The van der Waals surface area contributed by atoms with Crippen molar-refractivity contribution < 1.29 is 13.9 Å². The smallest absolute Gasteiger partial charge is 0.231 e. The van der Waals surface area contributed by atoms with Crippen LogP contribution in [0.25, 0.3) is 0 Å². The number of rotatable bonds is 4. The van der Waals surface area contributed by atoms with Gasteiger partial charge in [-0.1, -0.05) is 11.6 Å². The lowest BCUT2D eigenvalue weighted by Crippen LogP contribution is -2.45. The zero-order valence-corrected chi connectivity index (χ0v) is 12.0. The molecule has 0 aliphatic carbocycles. The lowest BCUT2D eigenvalue weighted by molar-refractivity contribution is 0.157. The molecule has 20 heavy (non-hydrogen) atoms. The summed E-state index contributed by atoms with van der Waals surface area (Å²) < 4.78 is 23.7. The van der Waals surface area contributed by atoms with Crippen LogP contribution in [-0.4, -0.2) is 44.5 Å². The molecule has 1 N–H and O–H groups in total. The summed E-state index contributed by atoms with van der Waals surface area (Å²) in [5.41, 5.74) is 0.926. The number of benzene rings is 1. The van der Waals surface area contributed by atoms with Gasteiger partial charge in [-0.3, -0.25) is 9.29 Å². The molecule has 0 spiro atoms. The van der Waals surface area contributed by atoms with E-state index in [-0.39, 0.29) is 19.5 Å². The van der Waals surface area contributed by atoms with Crippen molar-refractivity contribution in [3.8, 4) is 11.5 Å². The van der Waals surface area contributed by atoms with Gasteiger partial charge in [-0.2, -0.15) is 0 Å². The van der Waals surface area contributed by atoms with Gasteiger partial charge in [-0.05, 0) is 18.1 Å². The molecular formula is C14H18ClFN2O2. The number of halogens is 2. The number of hydrogen-bond acceptors (Lipinski definition) is 4. The Morgan fingerprint density at radius 3 is 2.65 bits per heavy atom. The van der Waals surface area contributed by atoms with Crippen LogP contribution in [0.3, 0.4) is 0 Å². The standard InChI is InChI=1S/C14H18ClFN2O2/c15-11-8-14-13(19-9-20-14)7-10(11)12(1-2-16)18-5-3-17-4-6-18/h7-8,12,17H,1-6,9H2/t12-/m1/s1. The van der Waals surface area contributed by atoms with E-state index in [0.717, 1.165) is 31.7 Å². The van der Waals surface area contributed by atoms with Crippen LogP contribution in [0.2, 0.25) is 5.02 Å².